The maximum absolute atomic E-state index is 13.4. The molecule has 1 aliphatic rings. The number of rotatable bonds is 4. The number of halogens is 1. The molecule has 1 unspecified atom stereocenters. The molecule has 0 saturated carbocycles. The van der Waals surface area contributed by atoms with E-state index in [-0.39, 0.29) is 11.8 Å². The van der Waals surface area contributed by atoms with Crippen LogP contribution in [0, 0.1) is 5.82 Å². The topological polar surface area (TPSA) is 65.1 Å². The Morgan fingerprint density at radius 1 is 1.53 bits per heavy atom. The van der Waals surface area contributed by atoms with Gasteiger partial charge in [-0.25, -0.2) is 4.39 Å². The lowest BCUT2D eigenvalue weighted by molar-refractivity contribution is 0.292. The highest BCUT2D eigenvalue weighted by Crippen LogP contribution is 2.28. The molecule has 0 bridgehead atoms. The number of benzene rings is 1. The van der Waals surface area contributed by atoms with Gasteiger partial charge in [0.2, 0.25) is 0 Å². The van der Waals surface area contributed by atoms with Crippen LogP contribution in [0.1, 0.15) is 11.6 Å². The van der Waals surface area contributed by atoms with Crippen LogP contribution in [0.3, 0.4) is 0 Å². The molecule has 3 N–H and O–H groups in total. The van der Waals surface area contributed by atoms with Crippen LogP contribution in [-0.2, 0) is 0 Å². The van der Waals surface area contributed by atoms with Crippen LogP contribution in [0.5, 0.6) is 5.75 Å². The minimum atomic E-state index is -0.615. The van der Waals surface area contributed by atoms with E-state index in [1.165, 1.54) is 12.1 Å². The molecule has 1 heterocycles. The van der Waals surface area contributed by atoms with Gasteiger partial charge < -0.3 is 20.6 Å². The van der Waals surface area contributed by atoms with Crippen LogP contribution in [-0.4, -0.2) is 54.6 Å². The van der Waals surface area contributed by atoms with E-state index < -0.39 is 5.82 Å². The molecule has 0 fully saturated rings. The molecule has 0 spiro atoms. The Kier molecular flexibility index (Phi) is 3.90. The van der Waals surface area contributed by atoms with Crippen molar-refractivity contribution < 1.29 is 9.50 Å². The summed E-state index contributed by atoms with van der Waals surface area (Å²) in [6.45, 7) is 2.09. The van der Waals surface area contributed by atoms with Gasteiger partial charge in [0, 0.05) is 13.1 Å². The number of aromatic hydroxyl groups is 1. The van der Waals surface area contributed by atoms with Gasteiger partial charge in [0.05, 0.1) is 12.6 Å². The van der Waals surface area contributed by atoms with Crippen molar-refractivity contribution in [3.63, 3.8) is 0 Å². The molecule has 6 heteroatoms. The number of phenolic OH excluding ortho intramolecular Hbond substituents is 1. The van der Waals surface area contributed by atoms with E-state index in [4.69, 9.17) is 5.73 Å². The summed E-state index contributed by atoms with van der Waals surface area (Å²) in [5.41, 5.74) is 6.65. The Balaban J connectivity index is 2.16. The molecule has 1 aromatic rings. The number of hydrogen-bond acceptors (Lipinski definition) is 5. The standard InChI is InChI=1S/C13H19FN4O/c1-17(2)5-6-18-11(8-16-13(18)15)9-3-4-12(19)10(14)7-9/h3-4,7,11,19H,5-6,8H2,1-2H3,(H2,15,16). The largest absolute Gasteiger partial charge is 0.505 e. The molecule has 1 aliphatic heterocycles. The van der Waals surface area contributed by atoms with E-state index in [1.54, 1.807) is 6.07 Å². The van der Waals surface area contributed by atoms with Crippen molar-refractivity contribution in [2.75, 3.05) is 33.7 Å². The molecule has 0 aromatic heterocycles. The summed E-state index contributed by atoms with van der Waals surface area (Å²) in [6.07, 6.45) is 0. The number of guanidine groups is 1. The van der Waals surface area contributed by atoms with Crippen molar-refractivity contribution >= 4 is 5.96 Å². The highest BCUT2D eigenvalue weighted by molar-refractivity contribution is 5.80. The Labute approximate surface area is 112 Å². The zero-order valence-corrected chi connectivity index (χ0v) is 11.2. The minimum Gasteiger partial charge on any atom is -0.505 e. The van der Waals surface area contributed by atoms with Crippen LogP contribution in [0.25, 0.3) is 0 Å². The van der Waals surface area contributed by atoms with Crippen molar-refractivity contribution in [2.45, 2.75) is 6.04 Å². The minimum absolute atomic E-state index is 0.0601. The number of nitrogens with two attached hydrogens (primary N) is 1. The van der Waals surface area contributed by atoms with Gasteiger partial charge in [-0.1, -0.05) is 6.07 Å². The molecular formula is C13H19FN4O. The van der Waals surface area contributed by atoms with Crippen molar-refractivity contribution in [2.24, 2.45) is 10.7 Å². The highest BCUT2D eigenvalue weighted by Gasteiger charge is 2.27. The Morgan fingerprint density at radius 2 is 2.26 bits per heavy atom. The molecule has 1 atom stereocenters. The lowest BCUT2D eigenvalue weighted by Gasteiger charge is -2.27. The van der Waals surface area contributed by atoms with Gasteiger partial charge in [0.15, 0.2) is 17.5 Å². The molecule has 19 heavy (non-hydrogen) atoms. The molecule has 0 amide bonds. The quantitative estimate of drug-likeness (QED) is 0.844. The monoisotopic (exact) mass is 266 g/mol. The summed E-state index contributed by atoms with van der Waals surface area (Å²) in [7, 11) is 3.97. The Hall–Kier alpha value is -1.82. The van der Waals surface area contributed by atoms with E-state index in [1.807, 2.05) is 19.0 Å². The number of likely N-dealkylation sites (N-methyl/N-ethyl adjacent to an activating group) is 1. The fourth-order valence-corrected chi connectivity index (χ4v) is 2.12. The van der Waals surface area contributed by atoms with Gasteiger partial charge >= 0.3 is 0 Å². The van der Waals surface area contributed by atoms with Gasteiger partial charge in [-0.2, -0.15) is 0 Å². The Morgan fingerprint density at radius 3 is 2.89 bits per heavy atom. The van der Waals surface area contributed by atoms with Crippen LogP contribution in [0.4, 0.5) is 4.39 Å². The predicted octanol–water partition coefficient (Wildman–Crippen LogP) is 0.764. The molecule has 2 rings (SSSR count). The smallest absolute Gasteiger partial charge is 0.191 e. The third-order valence-corrected chi connectivity index (χ3v) is 3.24. The van der Waals surface area contributed by atoms with Crippen LogP contribution in [0.2, 0.25) is 0 Å². The molecule has 0 radical (unpaired) electrons. The van der Waals surface area contributed by atoms with Crippen molar-refractivity contribution in [1.29, 1.82) is 0 Å². The molecule has 0 aliphatic carbocycles. The fourth-order valence-electron chi connectivity index (χ4n) is 2.12. The second-order valence-electron chi connectivity index (χ2n) is 4.92. The summed E-state index contributed by atoms with van der Waals surface area (Å²) >= 11 is 0. The average Bonchev–Trinajstić information content (AvgIpc) is 2.71. The number of aliphatic imine (C=N–C) groups is 1. The number of phenols is 1. The van der Waals surface area contributed by atoms with E-state index in [2.05, 4.69) is 9.89 Å². The van der Waals surface area contributed by atoms with Crippen molar-refractivity contribution in [3.8, 4) is 5.75 Å². The summed E-state index contributed by atoms with van der Waals surface area (Å²) in [5, 5.41) is 9.23. The fraction of sp³-hybridized carbons (Fsp3) is 0.462. The number of nitrogens with zero attached hydrogens (tertiary/aromatic N) is 3. The van der Waals surface area contributed by atoms with E-state index in [9.17, 15) is 9.50 Å². The molecular weight excluding hydrogens is 247 g/mol. The Bertz CT molecular complexity index is 490. The second kappa shape index (κ2) is 5.44. The van der Waals surface area contributed by atoms with Crippen LogP contribution < -0.4 is 5.73 Å². The summed E-state index contributed by atoms with van der Waals surface area (Å²) in [6, 6.07) is 4.36. The van der Waals surface area contributed by atoms with Gasteiger partial charge in [-0.15, -0.1) is 0 Å². The normalized spacial score (nSPS) is 19.1. The lowest BCUT2D eigenvalue weighted by Crippen LogP contribution is -2.40. The van der Waals surface area contributed by atoms with Crippen LogP contribution >= 0.6 is 0 Å². The predicted molar refractivity (Wildman–Crippen MR) is 72.6 cm³/mol. The number of hydrogen-bond donors (Lipinski definition) is 2. The molecule has 104 valence electrons. The van der Waals surface area contributed by atoms with E-state index in [0.29, 0.717) is 12.5 Å². The van der Waals surface area contributed by atoms with E-state index >= 15 is 0 Å². The molecule has 0 saturated heterocycles. The maximum Gasteiger partial charge on any atom is 0.191 e. The third-order valence-electron chi connectivity index (χ3n) is 3.24. The first-order valence-electron chi connectivity index (χ1n) is 6.18. The summed E-state index contributed by atoms with van der Waals surface area (Å²) < 4.78 is 13.4. The van der Waals surface area contributed by atoms with Crippen LogP contribution in [0.15, 0.2) is 23.2 Å². The molecule has 5 nitrogen and oxygen atoms in total. The van der Waals surface area contributed by atoms with Crippen molar-refractivity contribution in [3.05, 3.63) is 29.6 Å². The van der Waals surface area contributed by atoms with Gasteiger partial charge in [0.25, 0.3) is 0 Å². The zero-order valence-electron chi connectivity index (χ0n) is 11.2. The summed E-state index contributed by atoms with van der Waals surface area (Å²) in [5.74, 6) is -0.466. The summed E-state index contributed by atoms with van der Waals surface area (Å²) in [4.78, 5) is 8.24. The lowest BCUT2D eigenvalue weighted by atomic mass is 10.1. The molecule has 1 aromatic carbocycles. The average molecular weight is 266 g/mol. The highest BCUT2D eigenvalue weighted by atomic mass is 19.1. The first-order valence-corrected chi connectivity index (χ1v) is 6.18. The SMILES string of the molecule is CN(C)CCN1C(N)=NCC1c1ccc(O)c(F)c1. The first-order chi connectivity index (χ1) is 8.99. The zero-order chi connectivity index (χ0) is 14.0. The first kappa shape index (κ1) is 13.6. The van der Waals surface area contributed by atoms with E-state index in [0.717, 1.165) is 18.7 Å². The van der Waals surface area contributed by atoms with Crippen molar-refractivity contribution in [1.82, 2.24) is 9.80 Å². The maximum atomic E-state index is 13.4. The van der Waals surface area contributed by atoms with Gasteiger partial charge in [-0.05, 0) is 31.8 Å². The van der Waals surface area contributed by atoms with Gasteiger partial charge in [-0.3, -0.25) is 4.99 Å². The van der Waals surface area contributed by atoms with Gasteiger partial charge in [0.1, 0.15) is 0 Å². The second-order valence-corrected chi connectivity index (χ2v) is 4.92. The third kappa shape index (κ3) is 2.96.